The smallest absolute Gasteiger partial charge is 0.196 e. The molecule has 0 amide bonds. The van der Waals surface area contributed by atoms with Crippen LogP contribution < -0.4 is 5.32 Å². The molecule has 1 saturated heterocycles. The minimum Gasteiger partial charge on any atom is -0.450 e. The highest BCUT2D eigenvalue weighted by molar-refractivity contribution is 6.05. The fraction of sp³-hybridized carbons (Fsp3) is 0.524. The number of rotatable bonds is 7. The summed E-state index contributed by atoms with van der Waals surface area (Å²) in [6.07, 6.45) is 3.83. The van der Waals surface area contributed by atoms with Crippen LogP contribution in [0.15, 0.2) is 35.0 Å². The van der Waals surface area contributed by atoms with Crippen molar-refractivity contribution in [1.29, 1.82) is 0 Å². The zero-order valence-corrected chi connectivity index (χ0v) is 16.1. The molecule has 27 heavy (non-hydrogen) atoms. The molecule has 0 saturated carbocycles. The second-order valence-corrected chi connectivity index (χ2v) is 7.37. The Kier molecular flexibility index (Phi) is 5.55. The van der Waals surface area contributed by atoms with Crippen LogP contribution in [0.1, 0.15) is 26.7 Å². The Labute approximate surface area is 159 Å². The maximum Gasteiger partial charge on any atom is 0.196 e. The van der Waals surface area contributed by atoms with Gasteiger partial charge < -0.3 is 19.4 Å². The summed E-state index contributed by atoms with van der Waals surface area (Å²) in [5.74, 6) is 1.35. The Hall–Kier alpha value is -2.18. The van der Waals surface area contributed by atoms with Gasteiger partial charge in [0, 0.05) is 44.3 Å². The van der Waals surface area contributed by atoms with Gasteiger partial charge in [-0.1, -0.05) is 19.1 Å². The fourth-order valence-electron chi connectivity index (χ4n) is 3.99. The second-order valence-electron chi connectivity index (χ2n) is 7.37. The van der Waals surface area contributed by atoms with Gasteiger partial charge in [-0.25, -0.2) is 9.97 Å². The molecule has 1 fully saturated rings. The molecule has 6 nitrogen and oxygen atoms in total. The zero-order chi connectivity index (χ0) is 18.6. The van der Waals surface area contributed by atoms with E-state index in [0.29, 0.717) is 12.0 Å². The summed E-state index contributed by atoms with van der Waals surface area (Å²) in [5, 5.41) is 4.67. The van der Waals surface area contributed by atoms with E-state index in [4.69, 9.17) is 9.15 Å². The lowest BCUT2D eigenvalue weighted by atomic mass is 9.93. The van der Waals surface area contributed by atoms with Gasteiger partial charge in [0.15, 0.2) is 11.4 Å². The molecule has 0 spiro atoms. The van der Waals surface area contributed by atoms with Crippen molar-refractivity contribution in [3.63, 3.8) is 0 Å². The average molecular weight is 368 g/mol. The number of nitrogens with one attached hydrogen (secondary N) is 1. The Morgan fingerprint density at radius 2 is 2.19 bits per heavy atom. The minimum absolute atomic E-state index is 0.388. The number of furan rings is 1. The number of benzene rings is 1. The molecule has 144 valence electrons. The lowest BCUT2D eigenvalue weighted by Gasteiger charge is -2.37. The highest BCUT2D eigenvalue weighted by Gasteiger charge is 2.27. The van der Waals surface area contributed by atoms with Gasteiger partial charge in [-0.2, -0.15) is 0 Å². The van der Waals surface area contributed by atoms with E-state index in [0.717, 1.165) is 73.6 Å². The Bertz CT molecular complexity index is 894. The number of ether oxygens (including phenoxy) is 1. The highest BCUT2D eigenvalue weighted by Crippen LogP contribution is 2.31. The maximum atomic E-state index is 6.05. The first kappa shape index (κ1) is 18.2. The van der Waals surface area contributed by atoms with Gasteiger partial charge in [-0.15, -0.1) is 0 Å². The highest BCUT2D eigenvalue weighted by atomic mass is 16.5. The minimum atomic E-state index is 0.388. The number of hydrogen-bond donors (Lipinski definition) is 1. The summed E-state index contributed by atoms with van der Waals surface area (Å²) < 4.78 is 11.5. The van der Waals surface area contributed by atoms with E-state index in [-0.39, 0.29) is 0 Å². The van der Waals surface area contributed by atoms with Crippen LogP contribution in [0.2, 0.25) is 0 Å². The molecule has 2 atom stereocenters. The molecule has 0 aliphatic carbocycles. The van der Waals surface area contributed by atoms with Crippen molar-refractivity contribution in [1.82, 2.24) is 14.9 Å². The van der Waals surface area contributed by atoms with Crippen LogP contribution in [-0.4, -0.2) is 53.8 Å². The number of likely N-dealkylation sites (tertiary alicyclic amines) is 1. The van der Waals surface area contributed by atoms with Crippen molar-refractivity contribution >= 4 is 27.9 Å². The standard InChI is InChI=1S/C21H28N4O2/c1-3-26-12-6-10-25-11-9-17(15(2)13-25)24-21-20-19(22-14-23-21)16-7-4-5-8-18(16)27-20/h4-5,7-8,14-15,17H,3,6,9-13H2,1-2H3,(H,22,23,24). The summed E-state index contributed by atoms with van der Waals surface area (Å²) in [4.78, 5) is 11.5. The van der Waals surface area contributed by atoms with Gasteiger partial charge in [-0.3, -0.25) is 0 Å². The fourth-order valence-corrected chi connectivity index (χ4v) is 3.99. The van der Waals surface area contributed by atoms with Gasteiger partial charge >= 0.3 is 0 Å². The molecule has 1 aliphatic heterocycles. The summed E-state index contributed by atoms with van der Waals surface area (Å²) in [6.45, 7) is 9.32. The van der Waals surface area contributed by atoms with Crippen molar-refractivity contribution in [3.8, 4) is 0 Å². The van der Waals surface area contributed by atoms with Crippen LogP contribution in [-0.2, 0) is 4.74 Å². The predicted molar refractivity (Wildman–Crippen MR) is 108 cm³/mol. The first-order valence-corrected chi connectivity index (χ1v) is 9.95. The van der Waals surface area contributed by atoms with Crippen LogP contribution in [0.5, 0.6) is 0 Å². The summed E-state index contributed by atoms with van der Waals surface area (Å²) in [7, 11) is 0. The van der Waals surface area contributed by atoms with E-state index in [1.54, 1.807) is 6.33 Å². The third kappa shape index (κ3) is 3.92. The normalized spacial score (nSPS) is 21.1. The quantitative estimate of drug-likeness (QED) is 0.638. The van der Waals surface area contributed by atoms with Crippen LogP contribution in [0.4, 0.5) is 5.82 Å². The van der Waals surface area contributed by atoms with Gasteiger partial charge in [0.1, 0.15) is 17.4 Å². The van der Waals surface area contributed by atoms with Gasteiger partial charge in [0.05, 0.1) is 0 Å². The number of fused-ring (bicyclic) bond motifs is 3. The molecule has 2 aromatic heterocycles. The molecule has 6 heteroatoms. The lowest BCUT2D eigenvalue weighted by molar-refractivity contribution is 0.117. The third-order valence-electron chi connectivity index (χ3n) is 5.44. The van der Waals surface area contributed by atoms with Gasteiger partial charge in [0.2, 0.25) is 0 Å². The van der Waals surface area contributed by atoms with Crippen molar-refractivity contribution < 1.29 is 9.15 Å². The summed E-state index contributed by atoms with van der Waals surface area (Å²) in [5.41, 5.74) is 2.49. The Morgan fingerprint density at radius 3 is 3.04 bits per heavy atom. The van der Waals surface area contributed by atoms with Crippen molar-refractivity contribution in [2.24, 2.45) is 5.92 Å². The molecular formula is C21H28N4O2. The zero-order valence-electron chi connectivity index (χ0n) is 16.1. The van der Waals surface area contributed by atoms with Crippen molar-refractivity contribution in [2.75, 3.05) is 38.2 Å². The summed E-state index contributed by atoms with van der Waals surface area (Å²) in [6, 6.07) is 8.40. The molecule has 1 aromatic carbocycles. The number of piperidine rings is 1. The van der Waals surface area contributed by atoms with Crippen LogP contribution in [0.25, 0.3) is 22.1 Å². The SMILES string of the molecule is CCOCCCN1CCC(Nc2ncnc3c2oc2ccccc23)C(C)C1. The number of anilines is 1. The predicted octanol–water partition coefficient (Wildman–Crippen LogP) is 3.92. The average Bonchev–Trinajstić information content (AvgIpc) is 3.07. The third-order valence-corrected chi connectivity index (χ3v) is 5.44. The van der Waals surface area contributed by atoms with E-state index in [1.807, 2.05) is 31.2 Å². The van der Waals surface area contributed by atoms with E-state index in [2.05, 4.69) is 27.1 Å². The molecule has 0 radical (unpaired) electrons. The summed E-state index contributed by atoms with van der Waals surface area (Å²) >= 11 is 0. The second kappa shape index (κ2) is 8.23. The topological polar surface area (TPSA) is 63.4 Å². The van der Waals surface area contributed by atoms with Crippen LogP contribution in [0, 0.1) is 5.92 Å². The first-order valence-electron chi connectivity index (χ1n) is 9.95. The molecule has 2 unspecified atom stereocenters. The van der Waals surface area contributed by atoms with Crippen molar-refractivity contribution in [2.45, 2.75) is 32.7 Å². The van der Waals surface area contributed by atoms with E-state index < -0.39 is 0 Å². The van der Waals surface area contributed by atoms with Gasteiger partial charge in [0.25, 0.3) is 0 Å². The number of para-hydroxylation sites is 1. The van der Waals surface area contributed by atoms with Crippen LogP contribution >= 0.6 is 0 Å². The van der Waals surface area contributed by atoms with Gasteiger partial charge in [-0.05, 0) is 37.8 Å². The number of aromatic nitrogens is 2. The maximum absolute atomic E-state index is 6.05. The van der Waals surface area contributed by atoms with Crippen LogP contribution in [0.3, 0.4) is 0 Å². The monoisotopic (exact) mass is 368 g/mol. The molecule has 1 N–H and O–H groups in total. The Balaban J connectivity index is 1.44. The largest absolute Gasteiger partial charge is 0.450 e. The molecule has 3 aromatic rings. The molecular weight excluding hydrogens is 340 g/mol. The van der Waals surface area contributed by atoms with E-state index >= 15 is 0 Å². The first-order chi connectivity index (χ1) is 13.3. The molecule has 4 rings (SSSR count). The lowest BCUT2D eigenvalue weighted by Crippen LogP contribution is -2.45. The van der Waals surface area contributed by atoms with E-state index in [1.165, 1.54) is 0 Å². The number of nitrogens with zero attached hydrogens (tertiary/aromatic N) is 3. The van der Waals surface area contributed by atoms with Crippen molar-refractivity contribution in [3.05, 3.63) is 30.6 Å². The molecule has 0 bridgehead atoms. The van der Waals surface area contributed by atoms with E-state index in [9.17, 15) is 0 Å². The molecule has 1 aliphatic rings. The molecule has 3 heterocycles. The Morgan fingerprint density at radius 1 is 1.30 bits per heavy atom. The number of hydrogen-bond acceptors (Lipinski definition) is 6.